The fourth-order valence-electron chi connectivity index (χ4n) is 2.12. The summed E-state index contributed by atoms with van der Waals surface area (Å²) in [7, 11) is 0. The van der Waals surface area contributed by atoms with Crippen LogP contribution in [0.15, 0.2) is 0 Å². The first-order chi connectivity index (χ1) is 8.81. The van der Waals surface area contributed by atoms with Gasteiger partial charge in [-0.1, -0.05) is 0 Å². The molecule has 110 valence electrons. The molecule has 0 aliphatic carbocycles. The molecule has 0 aromatic heterocycles. The Morgan fingerprint density at radius 2 is 2.00 bits per heavy atom. The van der Waals surface area contributed by atoms with Crippen LogP contribution in [-0.4, -0.2) is 42.3 Å². The van der Waals surface area contributed by atoms with E-state index in [-0.39, 0.29) is 12.1 Å². The van der Waals surface area contributed by atoms with Crippen molar-refractivity contribution in [2.75, 3.05) is 19.7 Å². The van der Waals surface area contributed by atoms with Gasteiger partial charge in [-0.2, -0.15) is 0 Å². The van der Waals surface area contributed by atoms with Gasteiger partial charge < -0.3 is 14.4 Å². The van der Waals surface area contributed by atoms with Crippen molar-refractivity contribution in [3.63, 3.8) is 0 Å². The van der Waals surface area contributed by atoms with Crippen LogP contribution in [0.4, 0.5) is 4.79 Å². The molecule has 1 amide bonds. The van der Waals surface area contributed by atoms with Crippen molar-refractivity contribution < 1.29 is 19.1 Å². The Morgan fingerprint density at radius 3 is 2.58 bits per heavy atom. The molecule has 1 atom stereocenters. The van der Waals surface area contributed by atoms with Gasteiger partial charge in [0.2, 0.25) is 0 Å². The summed E-state index contributed by atoms with van der Waals surface area (Å²) in [5.74, 6) is 0.218. The van der Waals surface area contributed by atoms with Crippen molar-refractivity contribution in [2.45, 2.75) is 52.6 Å². The minimum Gasteiger partial charge on any atom is -0.466 e. The van der Waals surface area contributed by atoms with Crippen molar-refractivity contribution in [2.24, 2.45) is 5.92 Å². The second kappa shape index (κ2) is 6.78. The standard InChI is InChI=1S/C14H25NO4/c1-5-18-12(16)7-6-11-8-9-15(10-11)13(17)19-14(2,3)4/h11H,5-10H2,1-4H3/t11-/m1/s1. The zero-order valence-electron chi connectivity index (χ0n) is 12.4. The molecule has 0 aromatic carbocycles. The second-order valence-corrected chi connectivity index (χ2v) is 5.92. The summed E-state index contributed by atoms with van der Waals surface area (Å²) in [5, 5.41) is 0. The summed E-state index contributed by atoms with van der Waals surface area (Å²) < 4.78 is 10.2. The van der Waals surface area contributed by atoms with Gasteiger partial charge in [0, 0.05) is 19.5 Å². The maximum atomic E-state index is 11.9. The number of rotatable bonds is 4. The Bertz CT molecular complexity index is 322. The van der Waals surface area contributed by atoms with E-state index < -0.39 is 5.60 Å². The van der Waals surface area contributed by atoms with E-state index >= 15 is 0 Å². The number of hydrogen-bond acceptors (Lipinski definition) is 4. The zero-order chi connectivity index (χ0) is 14.5. The molecule has 0 spiro atoms. The number of esters is 1. The molecule has 1 heterocycles. The van der Waals surface area contributed by atoms with Crippen LogP contribution in [-0.2, 0) is 14.3 Å². The number of nitrogens with zero attached hydrogens (tertiary/aromatic N) is 1. The second-order valence-electron chi connectivity index (χ2n) is 5.92. The Balaban J connectivity index is 2.29. The molecule has 19 heavy (non-hydrogen) atoms. The molecular weight excluding hydrogens is 246 g/mol. The van der Waals surface area contributed by atoms with Crippen molar-refractivity contribution in [3.8, 4) is 0 Å². The smallest absolute Gasteiger partial charge is 0.410 e. The van der Waals surface area contributed by atoms with Crippen LogP contribution in [0, 0.1) is 5.92 Å². The van der Waals surface area contributed by atoms with Crippen molar-refractivity contribution >= 4 is 12.1 Å². The highest BCUT2D eigenvalue weighted by Gasteiger charge is 2.29. The van der Waals surface area contributed by atoms with Crippen molar-refractivity contribution in [3.05, 3.63) is 0 Å². The van der Waals surface area contributed by atoms with Crippen LogP contribution in [0.2, 0.25) is 0 Å². The number of amides is 1. The highest BCUT2D eigenvalue weighted by atomic mass is 16.6. The van der Waals surface area contributed by atoms with E-state index in [9.17, 15) is 9.59 Å². The summed E-state index contributed by atoms with van der Waals surface area (Å²) in [4.78, 5) is 24.9. The Hall–Kier alpha value is -1.26. The molecule has 0 N–H and O–H groups in total. The summed E-state index contributed by atoms with van der Waals surface area (Å²) in [6, 6.07) is 0. The molecule has 0 unspecified atom stereocenters. The molecule has 1 aliphatic rings. The molecule has 5 heteroatoms. The van der Waals surface area contributed by atoms with E-state index in [1.165, 1.54) is 0 Å². The van der Waals surface area contributed by atoms with Crippen molar-refractivity contribution in [1.29, 1.82) is 0 Å². The minimum atomic E-state index is -0.458. The minimum absolute atomic E-state index is 0.154. The molecule has 0 aromatic rings. The molecule has 1 aliphatic heterocycles. The quantitative estimate of drug-likeness (QED) is 0.737. The molecule has 1 saturated heterocycles. The third-order valence-electron chi connectivity index (χ3n) is 3.00. The fourth-order valence-corrected chi connectivity index (χ4v) is 2.12. The van der Waals surface area contributed by atoms with E-state index in [0.717, 1.165) is 12.8 Å². The van der Waals surface area contributed by atoms with Gasteiger partial charge in [0.1, 0.15) is 5.60 Å². The van der Waals surface area contributed by atoms with Crippen LogP contribution >= 0.6 is 0 Å². The normalized spacial score (nSPS) is 19.4. The monoisotopic (exact) mass is 271 g/mol. The highest BCUT2D eigenvalue weighted by Crippen LogP contribution is 2.23. The lowest BCUT2D eigenvalue weighted by Gasteiger charge is -2.24. The Labute approximate surface area is 115 Å². The lowest BCUT2D eigenvalue weighted by Crippen LogP contribution is -2.35. The molecular formula is C14H25NO4. The number of hydrogen-bond donors (Lipinski definition) is 0. The van der Waals surface area contributed by atoms with E-state index in [4.69, 9.17) is 9.47 Å². The van der Waals surface area contributed by atoms with Gasteiger partial charge in [-0.25, -0.2) is 4.79 Å². The molecule has 1 rings (SSSR count). The van der Waals surface area contributed by atoms with Crippen molar-refractivity contribution in [1.82, 2.24) is 4.90 Å². The summed E-state index contributed by atoms with van der Waals surface area (Å²) in [6.45, 7) is 9.19. The van der Waals surface area contributed by atoms with Crippen LogP contribution in [0.25, 0.3) is 0 Å². The van der Waals surface area contributed by atoms with Gasteiger partial charge in [-0.15, -0.1) is 0 Å². The van der Waals surface area contributed by atoms with E-state index in [2.05, 4.69) is 0 Å². The first-order valence-corrected chi connectivity index (χ1v) is 6.95. The van der Waals surface area contributed by atoms with E-state index in [1.807, 2.05) is 20.8 Å². The topological polar surface area (TPSA) is 55.8 Å². The average molecular weight is 271 g/mol. The zero-order valence-corrected chi connectivity index (χ0v) is 12.4. The predicted molar refractivity (Wildman–Crippen MR) is 71.8 cm³/mol. The Kier molecular flexibility index (Phi) is 5.63. The maximum Gasteiger partial charge on any atom is 0.410 e. The van der Waals surface area contributed by atoms with Gasteiger partial charge in [0.05, 0.1) is 6.61 Å². The third kappa shape index (κ3) is 5.94. The van der Waals surface area contributed by atoms with E-state index in [0.29, 0.717) is 32.0 Å². The predicted octanol–water partition coefficient (Wildman–Crippen LogP) is 2.59. The van der Waals surface area contributed by atoms with Crippen LogP contribution in [0.3, 0.4) is 0 Å². The first kappa shape index (κ1) is 15.8. The highest BCUT2D eigenvalue weighted by molar-refractivity contribution is 5.69. The Morgan fingerprint density at radius 1 is 1.32 bits per heavy atom. The van der Waals surface area contributed by atoms with Gasteiger partial charge in [-0.3, -0.25) is 4.79 Å². The average Bonchev–Trinajstić information content (AvgIpc) is 2.73. The fraction of sp³-hybridized carbons (Fsp3) is 0.857. The summed E-state index contributed by atoms with van der Waals surface area (Å²) >= 11 is 0. The summed E-state index contributed by atoms with van der Waals surface area (Å²) in [6.07, 6.45) is 1.88. The molecule has 0 bridgehead atoms. The molecule has 0 saturated carbocycles. The van der Waals surface area contributed by atoms with E-state index in [1.54, 1.807) is 11.8 Å². The lowest BCUT2D eigenvalue weighted by atomic mass is 10.0. The lowest BCUT2D eigenvalue weighted by molar-refractivity contribution is -0.143. The molecule has 1 fully saturated rings. The molecule has 0 radical (unpaired) electrons. The van der Waals surface area contributed by atoms with Gasteiger partial charge in [0.15, 0.2) is 0 Å². The number of carbonyl (C=O) groups is 2. The van der Waals surface area contributed by atoms with Gasteiger partial charge in [-0.05, 0) is 46.5 Å². The number of carbonyl (C=O) groups excluding carboxylic acids is 2. The van der Waals surface area contributed by atoms with Crippen LogP contribution in [0.1, 0.15) is 47.0 Å². The maximum absolute atomic E-state index is 11.9. The summed E-state index contributed by atoms with van der Waals surface area (Å²) in [5.41, 5.74) is -0.458. The van der Waals surface area contributed by atoms with Crippen LogP contribution in [0.5, 0.6) is 0 Å². The van der Waals surface area contributed by atoms with Gasteiger partial charge in [0.25, 0.3) is 0 Å². The third-order valence-corrected chi connectivity index (χ3v) is 3.00. The SMILES string of the molecule is CCOC(=O)CC[C@@H]1CCN(C(=O)OC(C)(C)C)C1. The number of likely N-dealkylation sites (tertiary alicyclic amines) is 1. The molecule has 5 nitrogen and oxygen atoms in total. The van der Waals surface area contributed by atoms with Crippen LogP contribution < -0.4 is 0 Å². The largest absolute Gasteiger partial charge is 0.466 e. The first-order valence-electron chi connectivity index (χ1n) is 6.95. The van der Waals surface area contributed by atoms with Gasteiger partial charge >= 0.3 is 12.1 Å². The number of ether oxygens (including phenoxy) is 2.